The molecule has 1 aromatic rings. The minimum atomic E-state index is 0.820. The molecule has 0 saturated heterocycles. The molecule has 1 rings (SSSR count). The van der Waals surface area contributed by atoms with Crippen molar-refractivity contribution in [2.45, 2.75) is 0 Å². The minimum Gasteiger partial charge on any atom is -0.497 e. The first kappa shape index (κ1) is 9.34. The normalized spacial score (nSPS) is 9.38. The summed E-state index contributed by atoms with van der Waals surface area (Å²) in [6, 6.07) is 7.61. The van der Waals surface area contributed by atoms with E-state index in [4.69, 9.17) is 4.74 Å². The fourth-order valence-electron chi connectivity index (χ4n) is 0.881. The lowest BCUT2D eigenvalue weighted by Crippen LogP contribution is -1.82. The molecule has 0 bridgehead atoms. The maximum absolute atomic E-state index is 5.06. The Morgan fingerprint density at radius 3 is 3.00 bits per heavy atom. The third kappa shape index (κ3) is 3.00. The molecule has 0 amide bonds. The number of hydrogen-bond donors (Lipinski definition) is 0. The molecule has 0 atom stereocenters. The van der Waals surface area contributed by atoms with Gasteiger partial charge in [-0.2, -0.15) is 0 Å². The molecule has 66 valence electrons. The van der Waals surface area contributed by atoms with E-state index in [2.05, 4.69) is 16.8 Å². The summed E-state index contributed by atoms with van der Waals surface area (Å²) in [7, 11) is 3.33. The minimum absolute atomic E-state index is 0.820. The van der Waals surface area contributed by atoms with Crippen molar-refractivity contribution in [1.82, 2.24) is 0 Å². The van der Waals surface area contributed by atoms with Crippen LogP contribution in [0.2, 0.25) is 0 Å². The Hall–Kier alpha value is -1.75. The smallest absolute Gasteiger partial charge is 0.120 e. The molecule has 0 unspecified atom stereocenters. The Kier molecular flexibility index (Phi) is 3.59. The lowest BCUT2D eigenvalue weighted by molar-refractivity contribution is 0.414. The average molecular weight is 173 g/mol. The van der Waals surface area contributed by atoms with Crippen LogP contribution in [0, 0.1) is 11.8 Å². The zero-order valence-electron chi connectivity index (χ0n) is 7.74. The summed E-state index contributed by atoms with van der Waals surface area (Å²) in [5.41, 5.74) is 0.930. The average Bonchev–Trinajstić information content (AvgIpc) is 2.19. The molecule has 0 radical (unpaired) electrons. The van der Waals surface area contributed by atoms with Crippen LogP contribution in [0.15, 0.2) is 29.3 Å². The first-order valence-electron chi connectivity index (χ1n) is 3.93. The van der Waals surface area contributed by atoms with Gasteiger partial charge in [0.25, 0.3) is 0 Å². The summed E-state index contributed by atoms with van der Waals surface area (Å²) in [6.45, 7) is 0. The van der Waals surface area contributed by atoms with E-state index >= 15 is 0 Å². The van der Waals surface area contributed by atoms with Crippen molar-refractivity contribution in [1.29, 1.82) is 0 Å². The van der Waals surface area contributed by atoms with Crippen LogP contribution in [0.1, 0.15) is 5.56 Å². The Bertz CT molecular complexity index is 358. The van der Waals surface area contributed by atoms with Crippen LogP contribution in [0.5, 0.6) is 5.75 Å². The van der Waals surface area contributed by atoms with Crippen molar-refractivity contribution in [3.05, 3.63) is 29.8 Å². The zero-order valence-corrected chi connectivity index (χ0v) is 7.74. The summed E-state index contributed by atoms with van der Waals surface area (Å²) in [6.07, 6.45) is 1.57. The summed E-state index contributed by atoms with van der Waals surface area (Å²) in [5.74, 6) is 6.57. The van der Waals surface area contributed by atoms with Gasteiger partial charge < -0.3 is 4.74 Å². The summed E-state index contributed by atoms with van der Waals surface area (Å²) < 4.78 is 5.06. The lowest BCUT2D eigenvalue weighted by Gasteiger charge is -1.97. The molecule has 0 fully saturated rings. The highest BCUT2D eigenvalue weighted by Crippen LogP contribution is 2.10. The summed E-state index contributed by atoms with van der Waals surface area (Å²) in [4.78, 5) is 3.76. The Labute approximate surface area is 78.3 Å². The third-order valence-corrected chi connectivity index (χ3v) is 1.48. The van der Waals surface area contributed by atoms with Crippen LogP contribution in [0.4, 0.5) is 0 Å². The van der Waals surface area contributed by atoms with E-state index in [1.807, 2.05) is 24.3 Å². The van der Waals surface area contributed by atoms with E-state index in [0.717, 1.165) is 11.3 Å². The number of nitrogens with zero attached hydrogens (tertiary/aromatic N) is 1. The molecule has 0 aromatic heterocycles. The fraction of sp³-hybridized carbons (Fsp3) is 0.182. The SMILES string of the molecule is CN=CC#Cc1cccc(OC)c1. The van der Waals surface area contributed by atoms with Gasteiger partial charge in [-0.15, -0.1) is 0 Å². The molecule has 0 N–H and O–H groups in total. The van der Waals surface area contributed by atoms with Crippen LogP contribution in [0.25, 0.3) is 0 Å². The molecule has 0 aliphatic carbocycles. The predicted molar refractivity (Wildman–Crippen MR) is 54.3 cm³/mol. The van der Waals surface area contributed by atoms with Crippen LogP contribution in [-0.4, -0.2) is 20.4 Å². The van der Waals surface area contributed by atoms with Gasteiger partial charge in [-0.1, -0.05) is 12.0 Å². The van der Waals surface area contributed by atoms with Gasteiger partial charge in [0, 0.05) is 12.6 Å². The first-order chi connectivity index (χ1) is 6.36. The van der Waals surface area contributed by atoms with Gasteiger partial charge in [0.1, 0.15) is 5.75 Å². The van der Waals surface area contributed by atoms with E-state index in [9.17, 15) is 0 Å². The monoisotopic (exact) mass is 173 g/mol. The van der Waals surface area contributed by atoms with Crippen LogP contribution in [0.3, 0.4) is 0 Å². The largest absolute Gasteiger partial charge is 0.497 e. The van der Waals surface area contributed by atoms with Crippen molar-refractivity contribution < 1.29 is 4.74 Å². The van der Waals surface area contributed by atoms with Gasteiger partial charge in [-0.3, -0.25) is 4.99 Å². The van der Waals surface area contributed by atoms with Crippen LogP contribution >= 0.6 is 0 Å². The van der Waals surface area contributed by atoms with Crippen LogP contribution < -0.4 is 4.74 Å². The molecular weight excluding hydrogens is 162 g/mol. The summed E-state index contributed by atoms with van der Waals surface area (Å²) >= 11 is 0. The highest BCUT2D eigenvalue weighted by molar-refractivity contribution is 5.79. The molecule has 13 heavy (non-hydrogen) atoms. The molecule has 0 saturated carbocycles. The number of aliphatic imine (C=N–C) groups is 1. The molecule has 2 heteroatoms. The van der Waals surface area contributed by atoms with E-state index < -0.39 is 0 Å². The van der Waals surface area contributed by atoms with Crippen molar-refractivity contribution >= 4 is 6.21 Å². The highest BCUT2D eigenvalue weighted by atomic mass is 16.5. The second kappa shape index (κ2) is 5.00. The molecule has 0 aliphatic rings. The van der Waals surface area contributed by atoms with Crippen molar-refractivity contribution in [2.75, 3.05) is 14.2 Å². The van der Waals surface area contributed by atoms with E-state index in [1.165, 1.54) is 0 Å². The van der Waals surface area contributed by atoms with Gasteiger partial charge >= 0.3 is 0 Å². The highest BCUT2D eigenvalue weighted by Gasteiger charge is 1.89. The van der Waals surface area contributed by atoms with E-state index in [0.29, 0.717) is 0 Å². The number of hydrogen-bond acceptors (Lipinski definition) is 2. The molecule has 1 aromatic carbocycles. The molecule has 0 spiro atoms. The second-order valence-corrected chi connectivity index (χ2v) is 2.39. The fourth-order valence-corrected chi connectivity index (χ4v) is 0.881. The van der Waals surface area contributed by atoms with E-state index in [1.54, 1.807) is 20.4 Å². The van der Waals surface area contributed by atoms with Crippen molar-refractivity contribution in [3.63, 3.8) is 0 Å². The Morgan fingerprint density at radius 2 is 2.31 bits per heavy atom. The molecule has 0 aliphatic heterocycles. The van der Waals surface area contributed by atoms with Crippen molar-refractivity contribution in [2.24, 2.45) is 4.99 Å². The molecule has 2 nitrogen and oxygen atoms in total. The second-order valence-electron chi connectivity index (χ2n) is 2.39. The maximum atomic E-state index is 5.06. The van der Waals surface area contributed by atoms with Crippen molar-refractivity contribution in [3.8, 4) is 17.6 Å². The predicted octanol–water partition coefficient (Wildman–Crippen LogP) is 1.75. The van der Waals surface area contributed by atoms with Gasteiger partial charge in [-0.05, 0) is 24.1 Å². The number of methoxy groups -OCH3 is 1. The van der Waals surface area contributed by atoms with Crippen LogP contribution in [-0.2, 0) is 0 Å². The van der Waals surface area contributed by atoms with E-state index in [-0.39, 0.29) is 0 Å². The number of benzene rings is 1. The molecular formula is C11H11NO. The Balaban J connectivity index is 2.85. The number of ether oxygens (including phenoxy) is 1. The number of rotatable bonds is 1. The van der Waals surface area contributed by atoms with Gasteiger partial charge in [0.05, 0.1) is 13.3 Å². The first-order valence-corrected chi connectivity index (χ1v) is 3.93. The third-order valence-electron chi connectivity index (χ3n) is 1.48. The topological polar surface area (TPSA) is 21.6 Å². The maximum Gasteiger partial charge on any atom is 0.120 e. The molecule has 0 heterocycles. The van der Waals surface area contributed by atoms with Gasteiger partial charge in [0.2, 0.25) is 0 Å². The zero-order chi connectivity index (χ0) is 9.52. The Morgan fingerprint density at radius 1 is 1.46 bits per heavy atom. The standard InChI is InChI=1S/C11H11NO/c1-12-8-4-6-10-5-3-7-11(9-10)13-2/h3,5,7-9H,1-2H3. The summed E-state index contributed by atoms with van der Waals surface area (Å²) in [5, 5.41) is 0. The quantitative estimate of drug-likeness (QED) is 0.468. The van der Waals surface area contributed by atoms with Gasteiger partial charge in [-0.25, -0.2) is 0 Å². The lowest BCUT2D eigenvalue weighted by atomic mass is 10.2. The van der Waals surface area contributed by atoms with Gasteiger partial charge in [0.15, 0.2) is 0 Å².